The monoisotopic (exact) mass is 328 g/mol. The van der Waals surface area contributed by atoms with Crippen LogP contribution in [0.3, 0.4) is 0 Å². The van der Waals surface area contributed by atoms with Crippen LogP contribution in [0.4, 0.5) is 5.69 Å². The van der Waals surface area contributed by atoms with Crippen molar-refractivity contribution >= 4 is 29.1 Å². The summed E-state index contributed by atoms with van der Waals surface area (Å²) in [4.78, 5) is 26.2. The smallest absolute Gasteiger partial charge is 0.251 e. The molecule has 118 valence electrons. The second kappa shape index (κ2) is 6.42. The van der Waals surface area contributed by atoms with E-state index in [2.05, 4.69) is 5.32 Å². The van der Waals surface area contributed by atoms with Crippen molar-refractivity contribution in [2.24, 2.45) is 0 Å². The van der Waals surface area contributed by atoms with Gasteiger partial charge in [0.1, 0.15) is 0 Å². The topological polar surface area (TPSA) is 49.4 Å². The highest BCUT2D eigenvalue weighted by atomic mass is 35.5. The summed E-state index contributed by atoms with van der Waals surface area (Å²) in [6.45, 7) is 2.48. The molecule has 1 aliphatic heterocycles. The largest absolute Gasteiger partial charge is 0.347 e. The summed E-state index contributed by atoms with van der Waals surface area (Å²) in [6.07, 6.45) is 0.306. The number of carbonyl (C=O) groups is 2. The third kappa shape index (κ3) is 3.54. The van der Waals surface area contributed by atoms with Gasteiger partial charge in [-0.1, -0.05) is 35.4 Å². The number of hydrogen-bond donors (Lipinski definition) is 1. The minimum absolute atomic E-state index is 0.0187. The molecule has 1 heterocycles. The number of nitrogens with zero attached hydrogens (tertiary/aromatic N) is 1. The zero-order valence-corrected chi connectivity index (χ0v) is 13.5. The molecule has 1 fully saturated rings. The molecule has 0 radical (unpaired) electrons. The Labute approximate surface area is 140 Å². The lowest BCUT2D eigenvalue weighted by atomic mass is 10.2. The molecule has 2 aromatic carbocycles. The van der Waals surface area contributed by atoms with Crippen LogP contribution in [0.15, 0.2) is 48.5 Å². The number of halogens is 1. The number of anilines is 1. The molecule has 0 saturated carbocycles. The van der Waals surface area contributed by atoms with Gasteiger partial charge in [0.15, 0.2) is 0 Å². The minimum Gasteiger partial charge on any atom is -0.347 e. The maximum absolute atomic E-state index is 12.2. The summed E-state index contributed by atoms with van der Waals surface area (Å²) in [5.41, 5.74) is 2.50. The highest BCUT2D eigenvalue weighted by molar-refractivity contribution is 6.30. The van der Waals surface area contributed by atoms with Crippen LogP contribution in [0.25, 0.3) is 0 Å². The van der Waals surface area contributed by atoms with Crippen LogP contribution in [0.5, 0.6) is 0 Å². The first-order valence-corrected chi connectivity index (χ1v) is 7.84. The van der Waals surface area contributed by atoms with E-state index in [0.717, 1.165) is 11.3 Å². The lowest BCUT2D eigenvalue weighted by Gasteiger charge is -2.17. The molecule has 0 aliphatic carbocycles. The van der Waals surface area contributed by atoms with E-state index in [0.29, 0.717) is 23.6 Å². The maximum Gasteiger partial charge on any atom is 0.251 e. The van der Waals surface area contributed by atoms with Crippen molar-refractivity contribution in [2.45, 2.75) is 19.4 Å². The first kappa shape index (κ1) is 15.6. The van der Waals surface area contributed by atoms with Crippen LogP contribution < -0.4 is 10.2 Å². The second-order valence-corrected chi connectivity index (χ2v) is 6.16. The average molecular weight is 329 g/mol. The SMILES string of the molecule is Cc1ccc(N2C[C@H](NC(=O)c3cccc(Cl)c3)CC2=O)cc1. The van der Waals surface area contributed by atoms with Crippen molar-refractivity contribution in [1.29, 1.82) is 0 Å². The molecule has 0 aromatic heterocycles. The van der Waals surface area contributed by atoms with Gasteiger partial charge in [-0.05, 0) is 37.3 Å². The van der Waals surface area contributed by atoms with E-state index in [1.165, 1.54) is 0 Å². The molecule has 1 saturated heterocycles. The van der Waals surface area contributed by atoms with Crippen LogP contribution in [0.1, 0.15) is 22.3 Å². The van der Waals surface area contributed by atoms with E-state index in [9.17, 15) is 9.59 Å². The highest BCUT2D eigenvalue weighted by Gasteiger charge is 2.31. The lowest BCUT2D eigenvalue weighted by molar-refractivity contribution is -0.117. The summed E-state index contributed by atoms with van der Waals surface area (Å²) >= 11 is 5.90. The van der Waals surface area contributed by atoms with Crippen LogP contribution in [-0.4, -0.2) is 24.4 Å². The zero-order chi connectivity index (χ0) is 16.4. The Morgan fingerprint density at radius 2 is 1.96 bits per heavy atom. The molecule has 2 amide bonds. The highest BCUT2D eigenvalue weighted by Crippen LogP contribution is 2.22. The molecule has 1 atom stereocenters. The first-order valence-electron chi connectivity index (χ1n) is 7.46. The lowest BCUT2D eigenvalue weighted by Crippen LogP contribution is -2.37. The Balaban J connectivity index is 1.68. The molecular formula is C18H17ClN2O2. The Kier molecular flexibility index (Phi) is 4.35. The number of rotatable bonds is 3. The third-order valence-corrected chi connectivity index (χ3v) is 4.13. The predicted octanol–water partition coefficient (Wildman–Crippen LogP) is 3.18. The molecule has 23 heavy (non-hydrogen) atoms. The second-order valence-electron chi connectivity index (χ2n) is 5.72. The third-order valence-electron chi connectivity index (χ3n) is 3.89. The van der Waals surface area contributed by atoms with Crippen LogP contribution in [0.2, 0.25) is 5.02 Å². The molecule has 2 aromatic rings. The minimum atomic E-state index is -0.212. The first-order chi connectivity index (χ1) is 11.0. The number of amides is 2. The Hall–Kier alpha value is -2.33. The van der Waals surface area contributed by atoms with E-state index in [-0.39, 0.29) is 17.9 Å². The summed E-state index contributed by atoms with van der Waals surface area (Å²) in [5.74, 6) is -0.193. The summed E-state index contributed by atoms with van der Waals surface area (Å²) in [6, 6.07) is 14.4. The fraction of sp³-hybridized carbons (Fsp3) is 0.222. The molecule has 0 unspecified atom stereocenters. The van der Waals surface area contributed by atoms with Crippen molar-refractivity contribution < 1.29 is 9.59 Å². The molecular weight excluding hydrogens is 312 g/mol. The van der Waals surface area contributed by atoms with Gasteiger partial charge in [-0.25, -0.2) is 0 Å². The zero-order valence-electron chi connectivity index (χ0n) is 12.8. The normalized spacial score (nSPS) is 17.4. The van der Waals surface area contributed by atoms with E-state index in [1.54, 1.807) is 29.2 Å². The van der Waals surface area contributed by atoms with E-state index < -0.39 is 0 Å². The quantitative estimate of drug-likeness (QED) is 0.940. The van der Waals surface area contributed by atoms with Gasteiger partial charge in [-0.2, -0.15) is 0 Å². The Morgan fingerprint density at radius 1 is 1.22 bits per heavy atom. The average Bonchev–Trinajstić information content (AvgIpc) is 2.88. The molecule has 3 rings (SSSR count). The molecule has 0 spiro atoms. The van der Waals surface area contributed by atoms with E-state index in [4.69, 9.17) is 11.6 Å². The molecule has 1 aliphatic rings. The van der Waals surface area contributed by atoms with Gasteiger partial charge in [0.2, 0.25) is 5.91 Å². The number of aryl methyl sites for hydroxylation is 1. The number of benzene rings is 2. The van der Waals surface area contributed by atoms with Gasteiger partial charge in [-0.3, -0.25) is 9.59 Å². The van der Waals surface area contributed by atoms with Crippen LogP contribution in [-0.2, 0) is 4.79 Å². The van der Waals surface area contributed by atoms with E-state index >= 15 is 0 Å². The molecule has 5 heteroatoms. The van der Waals surface area contributed by atoms with Gasteiger partial charge in [-0.15, -0.1) is 0 Å². The van der Waals surface area contributed by atoms with Crippen molar-refractivity contribution in [1.82, 2.24) is 5.32 Å². The van der Waals surface area contributed by atoms with Crippen LogP contribution >= 0.6 is 11.6 Å². The van der Waals surface area contributed by atoms with Gasteiger partial charge < -0.3 is 10.2 Å². The van der Waals surface area contributed by atoms with Gasteiger partial charge in [0, 0.05) is 29.2 Å². The molecule has 4 nitrogen and oxygen atoms in total. The van der Waals surface area contributed by atoms with E-state index in [1.807, 2.05) is 31.2 Å². The summed E-state index contributed by atoms with van der Waals surface area (Å²) in [5, 5.41) is 3.42. The molecule has 1 N–H and O–H groups in total. The number of nitrogens with one attached hydrogen (secondary N) is 1. The standard InChI is InChI=1S/C18H17ClN2O2/c1-12-5-7-16(8-6-12)21-11-15(10-17(21)22)20-18(23)13-3-2-4-14(19)9-13/h2-9,15H,10-11H2,1H3,(H,20,23)/t15-/m1/s1. The fourth-order valence-corrected chi connectivity index (χ4v) is 2.87. The van der Waals surface area contributed by atoms with Crippen LogP contribution in [0, 0.1) is 6.92 Å². The maximum atomic E-state index is 12.2. The van der Waals surface area contributed by atoms with Crippen molar-refractivity contribution in [3.05, 3.63) is 64.7 Å². The Morgan fingerprint density at radius 3 is 2.65 bits per heavy atom. The van der Waals surface area contributed by atoms with Crippen molar-refractivity contribution in [3.8, 4) is 0 Å². The number of carbonyl (C=O) groups excluding carboxylic acids is 2. The Bertz CT molecular complexity index is 743. The molecule has 0 bridgehead atoms. The van der Waals surface area contributed by atoms with Crippen molar-refractivity contribution in [3.63, 3.8) is 0 Å². The summed E-state index contributed by atoms with van der Waals surface area (Å²) in [7, 11) is 0. The fourth-order valence-electron chi connectivity index (χ4n) is 2.68. The van der Waals surface area contributed by atoms with Gasteiger partial charge in [0.25, 0.3) is 5.91 Å². The number of hydrogen-bond acceptors (Lipinski definition) is 2. The van der Waals surface area contributed by atoms with Crippen molar-refractivity contribution in [2.75, 3.05) is 11.4 Å². The van der Waals surface area contributed by atoms with Gasteiger partial charge >= 0.3 is 0 Å². The predicted molar refractivity (Wildman–Crippen MR) is 90.9 cm³/mol. The summed E-state index contributed by atoms with van der Waals surface area (Å²) < 4.78 is 0. The van der Waals surface area contributed by atoms with Gasteiger partial charge in [0.05, 0.1) is 6.04 Å².